The van der Waals surface area contributed by atoms with Gasteiger partial charge >= 0.3 is 0 Å². The summed E-state index contributed by atoms with van der Waals surface area (Å²) in [4.78, 5) is 7.69. The molecule has 2 aromatic heterocycles. The number of aromatic nitrogens is 4. The quantitative estimate of drug-likeness (QED) is 0.279. The largest absolute Gasteiger partial charge is 0.493 e. The number of para-hydroxylation sites is 1. The van der Waals surface area contributed by atoms with Crippen LogP contribution in [0.2, 0.25) is 0 Å². The number of anilines is 1. The van der Waals surface area contributed by atoms with Crippen LogP contribution in [0.1, 0.15) is 16.7 Å². The van der Waals surface area contributed by atoms with E-state index in [1.54, 1.807) is 13.3 Å². The zero-order valence-electron chi connectivity index (χ0n) is 18.2. The number of hydrogen-bond acceptors (Lipinski definition) is 7. The van der Waals surface area contributed by atoms with Crippen LogP contribution < -0.4 is 14.9 Å². The zero-order valence-corrected chi connectivity index (χ0v) is 18.2. The van der Waals surface area contributed by atoms with Crippen LogP contribution in [-0.2, 0) is 6.61 Å². The Hall–Kier alpha value is -4.46. The number of benzene rings is 3. The standard InChI is InChI=1S/C25H22N6O2/c1-16-7-9-17(10-8-16)15-33-21-12-11-18(13-22(21)32-2)14-26-30-25-28-24-23(29-31-25)19-5-3-4-6-20(19)27-24/h3-14H,15H2,1-2H3,(H2,27,28,30,31)/b26-14+. The maximum absolute atomic E-state index is 5.93. The molecule has 3 aromatic carbocycles. The maximum atomic E-state index is 5.93. The van der Waals surface area contributed by atoms with E-state index >= 15 is 0 Å². The molecule has 0 aliphatic heterocycles. The molecule has 0 radical (unpaired) electrons. The van der Waals surface area contributed by atoms with Crippen LogP contribution in [0.4, 0.5) is 5.95 Å². The van der Waals surface area contributed by atoms with Crippen molar-refractivity contribution in [3.63, 3.8) is 0 Å². The van der Waals surface area contributed by atoms with E-state index in [2.05, 4.69) is 61.9 Å². The third kappa shape index (κ3) is 4.45. The van der Waals surface area contributed by atoms with E-state index in [9.17, 15) is 0 Å². The van der Waals surface area contributed by atoms with Gasteiger partial charge in [0.05, 0.1) is 13.3 Å². The molecule has 0 fully saturated rings. The molecule has 33 heavy (non-hydrogen) atoms. The van der Waals surface area contributed by atoms with Crippen molar-refractivity contribution in [3.8, 4) is 11.5 Å². The fourth-order valence-electron chi connectivity index (χ4n) is 3.46. The molecule has 0 spiro atoms. The van der Waals surface area contributed by atoms with Crippen molar-refractivity contribution in [2.24, 2.45) is 5.10 Å². The SMILES string of the molecule is COc1cc(/C=N/Nc2nnc3c(n2)[nH]c2ccccc23)ccc1OCc1ccc(C)cc1. The molecule has 5 aromatic rings. The first-order valence-electron chi connectivity index (χ1n) is 10.5. The second-order valence-corrected chi connectivity index (χ2v) is 7.56. The van der Waals surface area contributed by atoms with Gasteiger partial charge in [0.1, 0.15) is 12.1 Å². The summed E-state index contributed by atoms with van der Waals surface area (Å²) in [6.07, 6.45) is 1.66. The maximum Gasteiger partial charge on any atom is 0.265 e. The molecule has 8 nitrogen and oxygen atoms in total. The molecule has 0 aliphatic carbocycles. The third-order valence-corrected chi connectivity index (χ3v) is 5.20. The third-order valence-electron chi connectivity index (χ3n) is 5.20. The van der Waals surface area contributed by atoms with Gasteiger partial charge < -0.3 is 14.5 Å². The number of aromatic amines is 1. The van der Waals surface area contributed by atoms with Crippen molar-refractivity contribution in [1.29, 1.82) is 0 Å². The van der Waals surface area contributed by atoms with Gasteiger partial charge in [0, 0.05) is 10.9 Å². The van der Waals surface area contributed by atoms with Crippen molar-refractivity contribution in [1.82, 2.24) is 20.2 Å². The molecule has 8 heteroatoms. The van der Waals surface area contributed by atoms with E-state index in [1.165, 1.54) is 5.56 Å². The van der Waals surface area contributed by atoms with Gasteiger partial charge in [-0.3, -0.25) is 0 Å². The molecule has 2 N–H and O–H groups in total. The van der Waals surface area contributed by atoms with E-state index in [-0.39, 0.29) is 0 Å². The first-order chi connectivity index (χ1) is 16.2. The number of ether oxygens (including phenoxy) is 2. The number of rotatable bonds is 7. The topological polar surface area (TPSA) is 97.3 Å². The molecule has 2 heterocycles. The van der Waals surface area contributed by atoms with E-state index < -0.39 is 0 Å². The van der Waals surface area contributed by atoms with Gasteiger partial charge in [-0.05, 0) is 42.3 Å². The average Bonchev–Trinajstić information content (AvgIpc) is 3.22. The van der Waals surface area contributed by atoms with E-state index in [4.69, 9.17) is 9.47 Å². The van der Waals surface area contributed by atoms with Gasteiger partial charge in [0.25, 0.3) is 5.95 Å². The Labute approximate surface area is 190 Å². The molecule has 0 amide bonds. The fraction of sp³-hybridized carbons (Fsp3) is 0.120. The molecule has 0 saturated heterocycles. The summed E-state index contributed by atoms with van der Waals surface area (Å²) < 4.78 is 11.4. The van der Waals surface area contributed by atoms with Gasteiger partial charge in [0.15, 0.2) is 17.1 Å². The molecular weight excluding hydrogens is 416 g/mol. The monoisotopic (exact) mass is 438 g/mol. The van der Waals surface area contributed by atoms with E-state index in [0.717, 1.165) is 27.5 Å². The second kappa shape index (κ2) is 8.96. The number of aryl methyl sites for hydroxylation is 1. The Morgan fingerprint density at radius 2 is 1.85 bits per heavy atom. The number of nitrogens with zero attached hydrogens (tertiary/aromatic N) is 4. The van der Waals surface area contributed by atoms with Crippen molar-refractivity contribution >= 4 is 34.2 Å². The molecule has 0 bridgehead atoms. The summed E-state index contributed by atoms with van der Waals surface area (Å²) in [6.45, 7) is 2.53. The second-order valence-electron chi connectivity index (χ2n) is 7.56. The molecule has 0 aliphatic rings. The van der Waals surface area contributed by atoms with Crippen LogP contribution in [0.3, 0.4) is 0 Å². The number of hydrogen-bond donors (Lipinski definition) is 2. The lowest BCUT2D eigenvalue weighted by Crippen LogP contribution is -2.00. The smallest absolute Gasteiger partial charge is 0.265 e. The van der Waals surface area contributed by atoms with Crippen LogP contribution >= 0.6 is 0 Å². The van der Waals surface area contributed by atoms with Gasteiger partial charge in [-0.2, -0.15) is 10.1 Å². The van der Waals surface area contributed by atoms with Crippen molar-refractivity contribution < 1.29 is 9.47 Å². The van der Waals surface area contributed by atoms with Crippen LogP contribution in [0.25, 0.3) is 22.1 Å². The Kier molecular flexibility index (Phi) is 5.55. The molecule has 0 saturated carbocycles. The van der Waals surface area contributed by atoms with Crippen LogP contribution in [-0.4, -0.2) is 33.5 Å². The van der Waals surface area contributed by atoms with E-state index in [1.807, 2.05) is 42.5 Å². The van der Waals surface area contributed by atoms with Gasteiger partial charge in [-0.15, -0.1) is 10.2 Å². The fourth-order valence-corrected chi connectivity index (χ4v) is 3.46. The highest BCUT2D eigenvalue weighted by Crippen LogP contribution is 2.28. The highest BCUT2D eigenvalue weighted by molar-refractivity contribution is 6.03. The first-order valence-corrected chi connectivity index (χ1v) is 10.5. The molecule has 5 rings (SSSR count). The average molecular weight is 438 g/mol. The minimum absolute atomic E-state index is 0.301. The summed E-state index contributed by atoms with van der Waals surface area (Å²) in [5.74, 6) is 1.60. The summed E-state index contributed by atoms with van der Waals surface area (Å²) in [5.41, 5.74) is 8.32. The predicted octanol–water partition coefficient (Wildman–Crippen LogP) is 4.85. The first kappa shape index (κ1) is 20.4. The number of hydrazone groups is 1. The van der Waals surface area contributed by atoms with Crippen molar-refractivity contribution in [2.75, 3.05) is 12.5 Å². The molecular formula is C25H22N6O2. The minimum Gasteiger partial charge on any atom is -0.493 e. The summed E-state index contributed by atoms with van der Waals surface area (Å²) in [5, 5.41) is 13.6. The van der Waals surface area contributed by atoms with Gasteiger partial charge in [0.2, 0.25) is 0 Å². The Balaban J connectivity index is 1.27. The van der Waals surface area contributed by atoms with Crippen molar-refractivity contribution in [3.05, 3.63) is 83.4 Å². The predicted molar refractivity (Wildman–Crippen MR) is 129 cm³/mol. The summed E-state index contributed by atoms with van der Waals surface area (Å²) in [7, 11) is 1.61. The summed E-state index contributed by atoms with van der Waals surface area (Å²) in [6, 6.07) is 21.7. The minimum atomic E-state index is 0.301. The van der Waals surface area contributed by atoms with Crippen molar-refractivity contribution in [2.45, 2.75) is 13.5 Å². The Morgan fingerprint density at radius 1 is 1.00 bits per heavy atom. The lowest BCUT2D eigenvalue weighted by atomic mass is 10.2. The lowest BCUT2D eigenvalue weighted by Gasteiger charge is -2.11. The van der Waals surface area contributed by atoms with Crippen LogP contribution in [0.15, 0.2) is 71.8 Å². The number of methoxy groups -OCH3 is 1. The number of fused-ring (bicyclic) bond motifs is 3. The lowest BCUT2D eigenvalue weighted by molar-refractivity contribution is 0.284. The molecule has 164 valence electrons. The molecule has 0 atom stereocenters. The van der Waals surface area contributed by atoms with Gasteiger partial charge in [-0.25, -0.2) is 5.43 Å². The zero-order chi connectivity index (χ0) is 22.6. The normalized spacial score (nSPS) is 11.3. The van der Waals surface area contributed by atoms with E-state index in [0.29, 0.717) is 29.7 Å². The number of H-pyrrole nitrogens is 1. The van der Waals surface area contributed by atoms with Crippen LogP contribution in [0, 0.1) is 6.92 Å². The number of nitrogens with one attached hydrogen (secondary N) is 2. The summed E-state index contributed by atoms with van der Waals surface area (Å²) >= 11 is 0. The highest BCUT2D eigenvalue weighted by Gasteiger charge is 2.08. The molecule has 0 unspecified atom stereocenters. The van der Waals surface area contributed by atoms with Crippen LogP contribution in [0.5, 0.6) is 11.5 Å². The highest BCUT2D eigenvalue weighted by atomic mass is 16.5. The Bertz CT molecular complexity index is 1440. The van der Waals surface area contributed by atoms with Gasteiger partial charge in [-0.1, -0.05) is 48.0 Å². The Morgan fingerprint density at radius 3 is 2.70 bits per heavy atom.